The second-order valence-corrected chi connectivity index (χ2v) is 8.62. The standard InChI is InChI=1S/C26H22FN3O4/c1-2-33-26(32)18-13-30-21-16-6-4-3-5-14(16)7-8-20(21)34-25-22(30)17(24(18)31)11-19(27)23(25)29-10-9-15(28)12-29/h3-8,11,13,15H,2,9-10,12,28H2,1H3. The van der Waals surface area contributed by atoms with E-state index in [1.165, 1.54) is 12.3 Å². The molecule has 0 bridgehead atoms. The summed E-state index contributed by atoms with van der Waals surface area (Å²) in [6.45, 7) is 2.85. The lowest BCUT2D eigenvalue weighted by Gasteiger charge is -2.29. The number of esters is 1. The molecular formula is C26H22FN3O4. The highest BCUT2D eigenvalue weighted by atomic mass is 19.1. The average molecular weight is 459 g/mol. The summed E-state index contributed by atoms with van der Waals surface area (Å²) in [6.07, 6.45) is 2.21. The van der Waals surface area contributed by atoms with E-state index in [9.17, 15) is 9.59 Å². The summed E-state index contributed by atoms with van der Waals surface area (Å²) >= 11 is 0. The highest BCUT2D eigenvalue weighted by molar-refractivity contribution is 6.03. The van der Waals surface area contributed by atoms with Gasteiger partial charge in [0.25, 0.3) is 0 Å². The first kappa shape index (κ1) is 20.7. The van der Waals surface area contributed by atoms with Gasteiger partial charge >= 0.3 is 5.97 Å². The van der Waals surface area contributed by atoms with Crippen molar-refractivity contribution in [1.29, 1.82) is 0 Å². The second kappa shape index (κ2) is 7.56. The topological polar surface area (TPSA) is 86.8 Å². The normalized spacial score (nSPS) is 16.6. The predicted octanol–water partition coefficient (Wildman–Crippen LogP) is 4.10. The van der Waals surface area contributed by atoms with Crippen LogP contribution in [0, 0.1) is 5.82 Å². The number of carbonyl (C=O) groups is 1. The third-order valence-electron chi connectivity index (χ3n) is 6.52. The molecule has 2 N–H and O–H groups in total. The van der Waals surface area contributed by atoms with Gasteiger partial charge < -0.3 is 24.7 Å². The lowest BCUT2D eigenvalue weighted by molar-refractivity contribution is 0.0524. The zero-order valence-corrected chi connectivity index (χ0v) is 18.5. The molecule has 1 fully saturated rings. The molecule has 3 heterocycles. The molecule has 0 saturated carbocycles. The van der Waals surface area contributed by atoms with Gasteiger partial charge in [-0.1, -0.05) is 30.3 Å². The molecule has 0 spiro atoms. The number of anilines is 1. The van der Waals surface area contributed by atoms with E-state index in [1.807, 2.05) is 41.3 Å². The lowest BCUT2D eigenvalue weighted by atomic mass is 10.0. The Balaban J connectivity index is 1.75. The summed E-state index contributed by atoms with van der Waals surface area (Å²) in [5, 5.41) is 1.90. The fourth-order valence-corrected chi connectivity index (χ4v) is 5.00. The number of hydrogen-bond donors (Lipinski definition) is 1. The average Bonchev–Trinajstić information content (AvgIpc) is 3.26. The molecule has 7 nitrogen and oxygen atoms in total. The molecule has 6 rings (SSSR count). The van der Waals surface area contributed by atoms with Crippen LogP contribution >= 0.6 is 0 Å². The maximum Gasteiger partial charge on any atom is 0.343 e. The van der Waals surface area contributed by atoms with Crippen molar-refractivity contribution in [3.8, 4) is 17.2 Å². The van der Waals surface area contributed by atoms with Crippen molar-refractivity contribution in [3.05, 3.63) is 70.3 Å². The molecule has 1 unspecified atom stereocenters. The number of hydrogen-bond acceptors (Lipinski definition) is 6. The third kappa shape index (κ3) is 2.92. The van der Waals surface area contributed by atoms with E-state index in [4.69, 9.17) is 15.2 Å². The number of benzene rings is 3. The minimum atomic E-state index is -0.747. The minimum Gasteiger partial charge on any atom is -0.462 e. The number of halogens is 1. The minimum absolute atomic E-state index is 0.0592. The summed E-state index contributed by atoms with van der Waals surface area (Å²) in [5.41, 5.74) is 6.71. The van der Waals surface area contributed by atoms with Crippen LogP contribution in [0.15, 0.2) is 53.5 Å². The summed E-state index contributed by atoms with van der Waals surface area (Å²) in [4.78, 5) is 27.9. The van der Waals surface area contributed by atoms with Crippen molar-refractivity contribution in [1.82, 2.24) is 4.57 Å². The van der Waals surface area contributed by atoms with E-state index in [0.29, 0.717) is 30.0 Å². The van der Waals surface area contributed by atoms with E-state index < -0.39 is 17.2 Å². The largest absolute Gasteiger partial charge is 0.462 e. The van der Waals surface area contributed by atoms with Gasteiger partial charge in [-0.15, -0.1) is 0 Å². The Hall–Kier alpha value is -3.91. The quantitative estimate of drug-likeness (QED) is 0.409. The van der Waals surface area contributed by atoms with Gasteiger partial charge in [-0.25, -0.2) is 9.18 Å². The molecule has 34 heavy (non-hydrogen) atoms. The number of nitrogens with zero attached hydrogens (tertiary/aromatic N) is 2. The van der Waals surface area contributed by atoms with Crippen molar-refractivity contribution in [2.75, 3.05) is 24.6 Å². The first-order valence-electron chi connectivity index (χ1n) is 11.3. The van der Waals surface area contributed by atoms with E-state index in [0.717, 1.165) is 17.2 Å². The molecule has 0 aliphatic carbocycles. The molecule has 2 aliphatic heterocycles. The van der Waals surface area contributed by atoms with Crippen LogP contribution in [-0.4, -0.2) is 36.3 Å². The van der Waals surface area contributed by atoms with E-state index >= 15 is 4.39 Å². The Morgan fingerprint density at radius 1 is 1.21 bits per heavy atom. The van der Waals surface area contributed by atoms with Crippen LogP contribution in [-0.2, 0) is 4.74 Å². The summed E-state index contributed by atoms with van der Waals surface area (Å²) in [6, 6.07) is 12.6. The van der Waals surface area contributed by atoms with Crippen LogP contribution in [0.25, 0.3) is 27.4 Å². The lowest BCUT2D eigenvalue weighted by Crippen LogP contribution is -2.28. The van der Waals surface area contributed by atoms with Crippen molar-refractivity contribution in [2.45, 2.75) is 19.4 Å². The molecule has 1 saturated heterocycles. The summed E-state index contributed by atoms with van der Waals surface area (Å²) < 4.78 is 28.8. The third-order valence-corrected chi connectivity index (χ3v) is 6.52. The summed E-state index contributed by atoms with van der Waals surface area (Å²) in [7, 11) is 0. The number of carbonyl (C=O) groups excluding carboxylic acids is 1. The van der Waals surface area contributed by atoms with Gasteiger partial charge in [0, 0.05) is 30.7 Å². The molecule has 1 aromatic heterocycles. The zero-order chi connectivity index (χ0) is 23.6. The summed E-state index contributed by atoms with van der Waals surface area (Å²) in [5.74, 6) is -0.589. The van der Waals surface area contributed by atoms with Crippen molar-refractivity contribution in [3.63, 3.8) is 0 Å². The predicted molar refractivity (Wildman–Crippen MR) is 128 cm³/mol. The molecule has 4 aromatic rings. The molecule has 8 heteroatoms. The van der Waals surface area contributed by atoms with Crippen LogP contribution in [0.4, 0.5) is 10.1 Å². The van der Waals surface area contributed by atoms with Gasteiger partial charge in [-0.05, 0) is 30.9 Å². The van der Waals surface area contributed by atoms with Gasteiger partial charge in [0.15, 0.2) is 17.3 Å². The molecule has 1 atom stereocenters. The van der Waals surface area contributed by atoms with Crippen LogP contribution in [0.2, 0.25) is 0 Å². The zero-order valence-electron chi connectivity index (χ0n) is 18.5. The maximum atomic E-state index is 15.6. The number of aromatic nitrogens is 1. The van der Waals surface area contributed by atoms with Crippen LogP contribution < -0.4 is 20.8 Å². The molecule has 2 aliphatic rings. The first-order chi connectivity index (χ1) is 16.5. The Kier molecular flexibility index (Phi) is 4.60. The number of nitrogens with two attached hydrogens (primary N) is 1. The Morgan fingerprint density at radius 2 is 2.03 bits per heavy atom. The van der Waals surface area contributed by atoms with Gasteiger partial charge in [0.05, 0.1) is 17.7 Å². The van der Waals surface area contributed by atoms with Crippen molar-refractivity contribution < 1.29 is 18.7 Å². The first-order valence-corrected chi connectivity index (χ1v) is 11.3. The smallest absolute Gasteiger partial charge is 0.343 e. The van der Waals surface area contributed by atoms with E-state index in [1.54, 1.807) is 11.5 Å². The van der Waals surface area contributed by atoms with Gasteiger partial charge in [-0.3, -0.25) is 4.79 Å². The fourth-order valence-electron chi connectivity index (χ4n) is 5.00. The Morgan fingerprint density at radius 3 is 2.79 bits per heavy atom. The molecule has 0 amide bonds. The van der Waals surface area contributed by atoms with Crippen molar-refractivity contribution in [2.24, 2.45) is 5.73 Å². The molecule has 172 valence electrons. The molecular weight excluding hydrogens is 437 g/mol. The maximum absolute atomic E-state index is 15.6. The molecule has 0 radical (unpaired) electrons. The monoisotopic (exact) mass is 459 g/mol. The Bertz CT molecular complexity index is 1560. The van der Waals surface area contributed by atoms with Crippen LogP contribution in [0.3, 0.4) is 0 Å². The Labute approximate surface area is 194 Å². The molecule has 3 aromatic carbocycles. The SMILES string of the molecule is CCOC(=O)c1cn2c3c(c(N4CCC(N)C4)c(F)cc3c1=O)Oc1ccc3ccccc3c1-2. The van der Waals surface area contributed by atoms with E-state index in [-0.39, 0.29) is 35.0 Å². The van der Waals surface area contributed by atoms with E-state index in [2.05, 4.69) is 0 Å². The second-order valence-electron chi connectivity index (χ2n) is 8.62. The number of fused-ring (bicyclic) bond motifs is 4. The van der Waals surface area contributed by atoms with Gasteiger partial charge in [0.2, 0.25) is 5.43 Å². The van der Waals surface area contributed by atoms with Crippen molar-refractivity contribution >= 4 is 33.3 Å². The van der Waals surface area contributed by atoms with Gasteiger partial charge in [-0.2, -0.15) is 0 Å². The van der Waals surface area contributed by atoms with Crippen LogP contribution in [0.1, 0.15) is 23.7 Å². The highest BCUT2D eigenvalue weighted by Gasteiger charge is 2.33. The van der Waals surface area contributed by atoms with Gasteiger partial charge in [0.1, 0.15) is 16.8 Å². The van der Waals surface area contributed by atoms with Crippen LogP contribution in [0.5, 0.6) is 11.5 Å². The number of ether oxygens (including phenoxy) is 2. The number of rotatable bonds is 3. The highest BCUT2D eigenvalue weighted by Crippen LogP contribution is 2.48. The fraction of sp³-hybridized carbons (Fsp3) is 0.231. The number of pyridine rings is 1.